The van der Waals surface area contributed by atoms with Crippen molar-refractivity contribution in [3.63, 3.8) is 0 Å². The minimum absolute atomic E-state index is 0.521. The maximum atomic E-state index is 4.93. The molecule has 0 saturated carbocycles. The SMILES string of the molecule is CCCC(C)NC1=[C]OC=CC1. The molecule has 12 heavy (non-hydrogen) atoms. The van der Waals surface area contributed by atoms with E-state index in [0.29, 0.717) is 6.04 Å². The van der Waals surface area contributed by atoms with Crippen LogP contribution < -0.4 is 5.32 Å². The molecule has 1 aliphatic rings. The van der Waals surface area contributed by atoms with E-state index in [0.717, 1.165) is 12.1 Å². The van der Waals surface area contributed by atoms with Gasteiger partial charge in [0.05, 0.1) is 12.0 Å². The molecular formula is C10H16NO. The van der Waals surface area contributed by atoms with E-state index in [1.54, 1.807) is 6.26 Å². The normalized spacial score (nSPS) is 18.0. The Morgan fingerprint density at radius 3 is 3.17 bits per heavy atom. The van der Waals surface area contributed by atoms with Gasteiger partial charge in [-0.15, -0.1) is 0 Å². The number of nitrogens with one attached hydrogen (secondary N) is 1. The molecule has 2 nitrogen and oxygen atoms in total. The van der Waals surface area contributed by atoms with Gasteiger partial charge in [0.2, 0.25) is 0 Å². The lowest BCUT2D eigenvalue weighted by Crippen LogP contribution is -2.25. The summed E-state index contributed by atoms with van der Waals surface area (Å²) in [5.74, 6) is 0. The Balaban J connectivity index is 2.25. The lowest BCUT2D eigenvalue weighted by molar-refractivity contribution is 0.349. The highest BCUT2D eigenvalue weighted by Crippen LogP contribution is 2.07. The van der Waals surface area contributed by atoms with Crippen LogP contribution >= 0.6 is 0 Å². The number of hydrogen-bond donors (Lipinski definition) is 1. The average Bonchev–Trinajstić information content (AvgIpc) is 2.06. The highest BCUT2D eigenvalue weighted by molar-refractivity contribution is 5.03. The monoisotopic (exact) mass is 166 g/mol. The van der Waals surface area contributed by atoms with Gasteiger partial charge in [0.15, 0.2) is 6.26 Å². The zero-order valence-corrected chi connectivity index (χ0v) is 7.76. The summed E-state index contributed by atoms with van der Waals surface area (Å²) in [6.07, 6.45) is 9.78. The second-order valence-corrected chi connectivity index (χ2v) is 3.11. The Morgan fingerprint density at radius 1 is 1.75 bits per heavy atom. The van der Waals surface area contributed by atoms with E-state index in [1.807, 2.05) is 6.08 Å². The third-order valence-corrected chi connectivity index (χ3v) is 1.81. The molecule has 1 atom stereocenters. The Hall–Kier alpha value is -0.920. The molecule has 0 aromatic rings. The van der Waals surface area contributed by atoms with Gasteiger partial charge in [0.25, 0.3) is 0 Å². The van der Waals surface area contributed by atoms with Crippen molar-refractivity contribution in [1.29, 1.82) is 0 Å². The van der Waals surface area contributed by atoms with Gasteiger partial charge in [-0.05, 0) is 19.4 Å². The molecule has 0 spiro atoms. The quantitative estimate of drug-likeness (QED) is 0.692. The molecular weight excluding hydrogens is 150 g/mol. The fraction of sp³-hybridized carbons (Fsp3) is 0.600. The Labute approximate surface area is 74.3 Å². The maximum Gasteiger partial charge on any atom is 0.189 e. The van der Waals surface area contributed by atoms with Gasteiger partial charge < -0.3 is 10.1 Å². The lowest BCUT2D eigenvalue weighted by atomic mass is 10.2. The van der Waals surface area contributed by atoms with E-state index in [1.165, 1.54) is 12.8 Å². The minimum Gasteiger partial charge on any atom is -0.459 e. The van der Waals surface area contributed by atoms with Crippen molar-refractivity contribution in [2.24, 2.45) is 0 Å². The highest BCUT2D eigenvalue weighted by atomic mass is 16.5. The van der Waals surface area contributed by atoms with Crippen LogP contribution in [0.25, 0.3) is 0 Å². The predicted octanol–water partition coefficient (Wildman–Crippen LogP) is 2.34. The fourth-order valence-electron chi connectivity index (χ4n) is 1.25. The second kappa shape index (κ2) is 4.86. The third-order valence-electron chi connectivity index (χ3n) is 1.81. The molecule has 2 heteroatoms. The van der Waals surface area contributed by atoms with Crippen LogP contribution in [0.1, 0.15) is 33.1 Å². The van der Waals surface area contributed by atoms with Gasteiger partial charge in [0, 0.05) is 12.5 Å². The Morgan fingerprint density at radius 2 is 2.58 bits per heavy atom. The van der Waals surface area contributed by atoms with Crippen LogP contribution in [0.3, 0.4) is 0 Å². The molecule has 0 aliphatic carbocycles. The van der Waals surface area contributed by atoms with Crippen molar-refractivity contribution in [1.82, 2.24) is 5.32 Å². The third kappa shape index (κ3) is 2.99. The first-order valence-electron chi connectivity index (χ1n) is 4.52. The predicted molar refractivity (Wildman–Crippen MR) is 49.1 cm³/mol. The van der Waals surface area contributed by atoms with E-state index in [-0.39, 0.29) is 0 Å². The summed E-state index contributed by atoms with van der Waals surface area (Å²) in [5.41, 5.74) is 1.05. The molecule has 1 rings (SSSR count). The first-order valence-corrected chi connectivity index (χ1v) is 4.52. The molecule has 1 heterocycles. The van der Waals surface area contributed by atoms with Crippen molar-refractivity contribution in [3.05, 3.63) is 24.3 Å². The first kappa shape index (κ1) is 9.17. The van der Waals surface area contributed by atoms with E-state index in [2.05, 4.69) is 25.4 Å². The molecule has 0 saturated heterocycles. The number of allylic oxidation sites excluding steroid dienone is 1. The lowest BCUT2D eigenvalue weighted by Gasteiger charge is -2.16. The number of rotatable bonds is 4. The van der Waals surface area contributed by atoms with Gasteiger partial charge >= 0.3 is 0 Å². The molecule has 1 N–H and O–H groups in total. The molecule has 1 unspecified atom stereocenters. The molecule has 0 aromatic carbocycles. The van der Waals surface area contributed by atoms with Gasteiger partial charge in [-0.2, -0.15) is 0 Å². The highest BCUT2D eigenvalue weighted by Gasteiger charge is 2.04. The summed E-state index contributed by atoms with van der Waals surface area (Å²) in [4.78, 5) is 0. The van der Waals surface area contributed by atoms with Gasteiger partial charge in [-0.3, -0.25) is 0 Å². The van der Waals surface area contributed by atoms with Crippen LogP contribution in [0.5, 0.6) is 0 Å². The van der Waals surface area contributed by atoms with Crippen LogP contribution in [0.15, 0.2) is 18.0 Å². The number of ether oxygens (including phenoxy) is 1. The van der Waals surface area contributed by atoms with Crippen molar-refractivity contribution in [2.75, 3.05) is 0 Å². The fourth-order valence-corrected chi connectivity index (χ4v) is 1.25. The summed E-state index contributed by atoms with van der Waals surface area (Å²) < 4.78 is 4.93. The van der Waals surface area contributed by atoms with E-state index in [9.17, 15) is 0 Å². The second-order valence-electron chi connectivity index (χ2n) is 3.11. The van der Waals surface area contributed by atoms with E-state index >= 15 is 0 Å². The first-order chi connectivity index (χ1) is 5.83. The average molecular weight is 166 g/mol. The molecule has 1 aliphatic heterocycles. The zero-order valence-electron chi connectivity index (χ0n) is 7.76. The van der Waals surface area contributed by atoms with Gasteiger partial charge in [-0.1, -0.05) is 13.3 Å². The van der Waals surface area contributed by atoms with E-state index < -0.39 is 0 Å². The zero-order chi connectivity index (χ0) is 8.81. The molecule has 0 bridgehead atoms. The van der Waals surface area contributed by atoms with Crippen LogP contribution in [-0.4, -0.2) is 6.04 Å². The van der Waals surface area contributed by atoms with Crippen molar-refractivity contribution in [2.45, 2.75) is 39.2 Å². The van der Waals surface area contributed by atoms with Gasteiger partial charge in [-0.25, -0.2) is 0 Å². The van der Waals surface area contributed by atoms with Crippen LogP contribution in [0.4, 0.5) is 0 Å². The largest absolute Gasteiger partial charge is 0.459 e. The standard InChI is InChI=1S/C10H16NO/c1-3-5-9(2)11-10-6-4-7-12-8-10/h4,7,9,11H,3,5-6H2,1-2H3. The molecule has 67 valence electrons. The van der Waals surface area contributed by atoms with Crippen molar-refractivity contribution in [3.8, 4) is 0 Å². The molecule has 0 fully saturated rings. The molecule has 0 aromatic heterocycles. The topological polar surface area (TPSA) is 21.3 Å². The summed E-state index contributed by atoms with van der Waals surface area (Å²) >= 11 is 0. The van der Waals surface area contributed by atoms with E-state index in [4.69, 9.17) is 4.74 Å². The minimum atomic E-state index is 0.521. The molecule has 1 radical (unpaired) electrons. The summed E-state index contributed by atoms with van der Waals surface area (Å²) in [7, 11) is 0. The summed E-state index contributed by atoms with van der Waals surface area (Å²) in [6, 6.07) is 0.521. The molecule has 0 amide bonds. The number of hydrogen-bond acceptors (Lipinski definition) is 2. The van der Waals surface area contributed by atoms with Gasteiger partial charge in [0.1, 0.15) is 0 Å². The van der Waals surface area contributed by atoms with Crippen LogP contribution in [0, 0.1) is 6.26 Å². The summed E-state index contributed by atoms with van der Waals surface area (Å²) in [5, 5.41) is 3.35. The van der Waals surface area contributed by atoms with Crippen molar-refractivity contribution >= 4 is 0 Å². The summed E-state index contributed by atoms with van der Waals surface area (Å²) in [6.45, 7) is 4.37. The Kier molecular flexibility index (Phi) is 3.71. The van der Waals surface area contributed by atoms with Crippen LogP contribution in [0.2, 0.25) is 0 Å². The maximum absolute atomic E-state index is 4.93. The van der Waals surface area contributed by atoms with Crippen molar-refractivity contribution < 1.29 is 4.74 Å². The smallest absolute Gasteiger partial charge is 0.189 e. The Bertz CT molecular complexity index is 184. The van der Waals surface area contributed by atoms with Crippen LogP contribution in [-0.2, 0) is 4.74 Å².